The molecule has 1 amide bonds. The number of fused-ring (bicyclic) bond motifs is 1. The first-order valence-electron chi connectivity index (χ1n) is 9.35. The Hall–Kier alpha value is -2.87. The number of benzene rings is 2. The van der Waals surface area contributed by atoms with Crippen LogP contribution in [0.2, 0.25) is 5.02 Å². The minimum Gasteiger partial charge on any atom is -0.273 e. The summed E-state index contributed by atoms with van der Waals surface area (Å²) in [6.45, 7) is 0. The molecule has 30 heavy (non-hydrogen) atoms. The van der Waals surface area contributed by atoms with Crippen LogP contribution in [0, 0.1) is 0 Å². The van der Waals surface area contributed by atoms with E-state index in [0.717, 1.165) is 24.8 Å². The van der Waals surface area contributed by atoms with E-state index in [2.05, 4.69) is 10.5 Å². The van der Waals surface area contributed by atoms with Crippen molar-refractivity contribution < 1.29 is 18.0 Å². The summed E-state index contributed by atoms with van der Waals surface area (Å²) in [7, 11) is 0. The third kappa shape index (κ3) is 3.67. The van der Waals surface area contributed by atoms with Crippen LogP contribution in [0.15, 0.2) is 53.3 Å². The average molecular weight is 436 g/mol. The van der Waals surface area contributed by atoms with E-state index in [1.165, 1.54) is 24.3 Å². The highest BCUT2D eigenvalue weighted by Crippen LogP contribution is 2.46. The molecule has 1 heterocycles. The Morgan fingerprint density at radius 1 is 1.10 bits per heavy atom. The van der Waals surface area contributed by atoms with E-state index < -0.39 is 28.8 Å². The highest BCUT2D eigenvalue weighted by molar-refractivity contribution is 6.30. The lowest BCUT2D eigenvalue weighted by molar-refractivity contribution is -0.141. The lowest BCUT2D eigenvalue weighted by Crippen LogP contribution is -2.42. The molecular formula is C21H17ClF3N3O2. The Morgan fingerprint density at radius 3 is 2.30 bits per heavy atom. The van der Waals surface area contributed by atoms with Crippen molar-refractivity contribution in [3.05, 3.63) is 75.2 Å². The molecule has 4 rings (SSSR count). The van der Waals surface area contributed by atoms with Gasteiger partial charge in [0.25, 0.3) is 5.56 Å². The second kappa shape index (κ2) is 7.43. The van der Waals surface area contributed by atoms with Gasteiger partial charge in [-0.25, -0.2) is 5.43 Å². The van der Waals surface area contributed by atoms with Crippen LogP contribution in [0.3, 0.4) is 0 Å². The van der Waals surface area contributed by atoms with Gasteiger partial charge in [0.05, 0.1) is 5.39 Å². The van der Waals surface area contributed by atoms with Crippen molar-refractivity contribution in [3.63, 3.8) is 0 Å². The van der Waals surface area contributed by atoms with Gasteiger partial charge < -0.3 is 0 Å². The molecule has 0 saturated heterocycles. The first-order chi connectivity index (χ1) is 14.2. The number of nitrogens with one attached hydrogen (secondary N) is 1. The lowest BCUT2D eigenvalue weighted by Gasteiger charge is -2.42. The number of nitrogens with zero attached hydrogens (tertiary/aromatic N) is 2. The van der Waals surface area contributed by atoms with Gasteiger partial charge in [-0.3, -0.25) is 9.59 Å². The van der Waals surface area contributed by atoms with Crippen molar-refractivity contribution in [2.45, 2.75) is 37.3 Å². The van der Waals surface area contributed by atoms with Crippen molar-refractivity contribution in [1.82, 2.24) is 9.89 Å². The summed E-state index contributed by atoms with van der Waals surface area (Å²) in [6, 6.07) is 12.5. The van der Waals surface area contributed by atoms with E-state index in [1.54, 1.807) is 12.1 Å². The van der Waals surface area contributed by atoms with Crippen LogP contribution in [0.4, 0.5) is 13.2 Å². The molecule has 156 valence electrons. The van der Waals surface area contributed by atoms with Crippen LogP contribution in [0.25, 0.3) is 10.8 Å². The molecule has 0 atom stereocenters. The fourth-order valence-electron chi connectivity index (χ4n) is 3.91. The lowest BCUT2D eigenvalue weighted by atomic mass is 9.62. The van der Waals surface area contributed by atoms with Crippen LogP contribution >= 0.6 is 11.6 Å². The molecule has 0 radical (unpaired) electrons. The second-order valence-corrected chi connectivity index (χ2v) is 7.90. The molecule has 1 N–H and O–H groups in total. The van der Waals surface area contributed by atoms with Gasteiger partial charge in [-0.2, -0.15) is 13.2 Å². The summed E-state index contributed by atoms with van der Waals surface area (Å²) >= 11 is 5.94. The zero-order valence-electron chi connectivity index (χ0n) is 15.7. The Bertz CT molecular complexity index is 1170. The SMILES string of the molecule is O=C(CC1(c2ccc(Cl)cc2)CCC1)Nn1nc(C(F)(F)F)c2ccccc2c1=O. The number of halogens is 4. The molecule has 1 aromatic heterocycles. The smallest absolute Gasteiger partial charge is 0.273 e. The van der Waals surface area contributed by atoms with E-state index in [1.807, 2.05) is 12.1 Å². The van der Waals surface area contributed by atoms with Gasteiger partial charge in [-0.15, -0.1) is 9.89 Å². The quantitative estimate of drug-likeness (QED) is 0.648. The normalized spacial score (nSPS) is 15.6. The Balaban J connectivity index is 1.66. The highest BCUT2D eigenvalue weighted by atomic mass is 35.5. The van der Waals surface area contributed by atoms with Crippen LogP contribution in [-0.2, 0) is 16.4 Å². The average Bonchev–Trinajstić information content (AvgIpc) is 2.67. The van der Waals surface area contributed by atoms with Crippen molar-refractivity contribution in [1.29, 1.82) is 0 Å². The van der Waals surface area contributed by atoms with Gasteiger partial charge in [0.1, 0.15) is 0 Å². The predicted molar refractivity (Wildman–Crippen MR) is 107 cm³/mol. The largest absolute Gasteiger partial charge is 0.435 e. The van der Waals surface area contributed by atoms with Crippen molar-refractivity contribution in [2.75, 3.05) is 5.43 Å². The molecule has 9 heteroatoms. The van der Waals surface area contributed by atoms with Crippen LogP contribution < -0.4 is 11.0 Å². The zero-order chi connectivity index (χ0) is 21.5. The fourth-order valence-corrected chi connectivity index (χ4v) is 4.04. The molecule has 0 aliphatic heterocycles. The van der Waals surface area contributed by atoms with E-state index in [0.29, 0.717) is 9.81 Å². The van der Waals surface area contributed by atoms with E-state index >= 15 is 0 Å². The number of amides is 1. The van der Waals surface area contributed by atoms with Gasteiger partial charge in [-0.1, -0.05) is 48.4 Å². The summed E-state index contributed by atoms with van der Waals surface area (Å²) < 4.78 is 40.4. The summed E-state index contributed by atoms with van der Waals surface area (Å²) in [5.74, 6) is -0.581. The molecule has 1 saturated carbocycles. The molecule has 0 unspecified atom stereocenters. The van der Waals surface area contributed by atoms with Gasteiger partial charge in [0, 0.05) is 22.2 Å². The molecule has 2 aromatic carbocycles. The third-order valence-electron chi connectivity index (χ3n) is 5.57. The Labute approximate surface area is 174 Å². The standard InChI is InChI=1S/C21H17ClF3N3O2/c22-14-8-6-13(7-9-14)20(10-3-11-20)12-17(29)26-28-19(30)16-5-2-1-4-15(16)18(27-28)21(23,24)25/h1-2,4-9H,3,10-12H2,(H,26,29). The zero-order valence-corrected chi connectivity index (χ0v) is 16.4. The van der Waals surface area contributed by atoms with Crippen molar-refractivity contribution in [2.24, 2.45) is 0 Å². The second-order valence-electron chi connectivity index (χ2n) is 7.46. The van der Waals surface area contributed by atoms with Gasteiger partial charge >= 0.3 is 6.18 Å². The third-order valence-corrected chi connectivity index (χ3v) is 5.82. The van der Waals surface area contributed by atoms with Gasteiger partial charge in [0.2, 0.25) is 5.91 Å². The molecule has 0 spiro atoms. The number of hydrogen-bond donors (Lipinski definition) is 1. The van der Waals surface area contributed by atoms with E-state index in [9.17, 15) is 22.8 Å². The van der Waals surface area contributed by atoms with Crippen molar-refractivity contribution >= 4 is 28.3 Å². The first kappa shape index (κ1) is 20.4. The number of carbonyl (C=O) groups is 1. The van der Waals surface area contributed by atoms with Crippen molar-refractivity contribution in [3.8, 4) is 0 Å². The molecule has 5 nitrogen and oxygen atoms in total. The molecule has 3 aromatic rings. The minimum absolute atomic E-state index is 0.0247. The molecule has 1 fully saturated rings. The van der Waals surface area contributed by atoms with Crippen LogP contribution in [-0.4, -0.2) is 15.8 Å². The maximum absolute atomic E-state index is 13.5. The molecular weight excluding hydrogens is 419 g/mol. The monoisotopic (exact) mass is 435 g/mol. The predicted octanol–water partition coefficient (Wildman–Crippen LogP) is 4.65. The van der Waals surface area contributed by atoms with E-state index in [4.69, 9.17) is 11.6 Å². The Kier molecular flexibility index (Phi) is 5.05. The maximum Gasteiger partial charge on any atom is 0.435 e. The summed E-state index contributed by atoms with van der Waals surface area (Å²) in [5.41, 5.74) is 0.707. The summed E-state index contributed by atoms with van der Waals surface area (Å²) in [4.78, 5) is 25.7. The van der Waals surface area contributed by atoms with Gasteiger partial charge in [-0.05, 0) is 36.6 Å². The molecule has 1 aliphatic carbocycles. The first-order valence-corrected chi connectivity index (χ1v) is 9.73. The fraction of sp³-hybridized carbons (Fsp3) is 0.286. The summed E-state index contributed by atoms with van der Waals surface area (Å²) in [6.07, 6.45) is -2.30. The molecule has 0 bridgehead atoms. The minimum atomic E-state index is -4.78. The summed E-state index contributed by atoms with van der Waals surface area (Å²) in [5, 5.41) is 3.49. The highest BCUT2D eigenvalue weighted by Gasteiger charge is 2.41. The number of hydrogen-bond acceptors (Lipinski definition) is 3. The maximum atomic E-state index is 13.5. The number of carbonyl (C=O) groups excluding carboxylic acids is 1. The van der Waals surface area contributed by atoms with Crippen LogP contribution in [0.5, 0.6) is 0 Å². The topological polar surface area (TPSA) is 64.0 Å². The number of rotatable bonds is 4. The molecule has 1 aliphatic rings. The van der Waals surface area contributed by atoms with Gasteiger partial charge in [0.15, 0.2) is 5.69 Å². The van der Waals surface area contributed by atoms with E-state index in [-0.39, 0.29) is 17.2 Å². The number of alkyl halides is 3. The number of aromatic nitrogens is 2. The Morgan fingerprint density at radius 2 is 1.73 bits per heavy atom. The van der Waals surface area contributed by atoms with Crippen LogP contribution in [0.1, 0.15) is 36.9 Å².